The molecule has 24 heavy (non-hydrogen) atoms. The Morgan fingerprint density at radius 1 is 1.38 bits per heavy atom. The number of aliphatic hydroxyl groups excluding tert-OH is 1. The molecule has 8 heteroatoms. The standard InChI is InChI=1S/C16H21N7O/c1-3-4-11-5-14(23-16(20-11)17-9-19-23)21-12-6-13(24)15(12)22-8-10(2)7-18-22/h5,7-9,12-13,15,21,24H,3-4,6H2,1-2H3/t12-,13+,15+/m0/s1. The number of rotatable bonds is 5. The van der Waals surface area contributed by atoms with Crippen LogP contribution in [0.2, 0.25) is 0 Å². The number of aliphatic hydroxyl groups is 1. The van der Waals surface area contributed by atoms with Gasteiger partial charge in [-0.05, 0) is 25.3 Å². The number of aryl methyl sites for hydroxylation is 2. The third-order valence-corrected chi connectivity index (χ3v) is 4.48. The molecule has 1 saturated carbocycles. The van der Waals surface area contributed by atoms with Gasteiger partial charge in [-0.1, -0.05) is 13.3 Å². The quantitative estimate of drug-likeness (QED) is 0.735. The first-order valence-corrected chi connectivity index (χ1v) is 8.30. The number of hydrogen-bond donors (Lipinski definition) is 2. The highest BCUT2D eigenvalue weighted by molar-refractivity contribution is 5.46. The Morgan fingerprint density at radius 3 is 2.96 bits per heavy atom. The minimum atomic E-state index is -0.398. The Kier molecular flexibility index (Phi) is 3.68. The number of anilines is 1. The number of nitrogens with one attached hydrogen (secondary N) is 1. The van der Waals surface area contributed by atoms with Crippen LogP contribution in [0.3, 0.4) is 0 Å². The highest BCUT2D eigenvalue weighted by atomic mass is 16.3. The Morgan fingerprint density at radius 2 is 2.25 bits per heavy atom. The fraction of sp³-hybridized carbons (Fsp3) is 0.500. The molecule has 3 aromatic rings. The van der Waals surface area contributed by atoms with E-state index in [9.17, 15) is 5.11 Å². The van der Waals surface area contributed by atoms with Crippen LogP contribution in [0.25, 0.3) is 5.78 Å². The van der Waals surface area contributed by atoms with Crippen molar-refractivity contribution in [3.05, 3.63) is 36.0 Å². The van der Waals surface area contributed by atoms with Gasteiger partial charge in [-0.3, -0.25) is 4.68 Å². The lowest BCUT2D eigenvalue weighted by atomic mass is 9.83. The van der Waals surface area contributed by atoms with E-state index in [0.29, 0.717) is 12.2 Å². The van der Waals surface area contributed by atoms with Gasteiger partial charge in [-0.2, -0.15) is 19.7 Å². The zero-order chi connectivity index (χ0) is 16.7. The molecule has 4 rings (SSSR count). The topological polar surface area (TPSA) is 93.2 Å². The second-order valence-electron chi connectivity index (χ2n) is 6.40. The molecule has 2 N–H and O–H groups in total. The fourth-order valence-electron chi connectivity index (χ4n) is 3.25. The van der Waals surface area contributed by atoms with E-state index < -0.39 is 6.10 Å². The largest absolute Gasteiger partial charge is 0.391 e. The monoisotopic (exact) mass is 327 g/mol. The van der Waals surface area contributed by atoms with Gasteiger partial charge in [0.05, 0.1) is 24.4 Å². The maximum atomic E-state index is 10.2. The summed E-state index contributed by atoms with van der Waals surface area (Å²) in [7, 11) is 0. The van der Waals surface area contributed by atoms with Crippen LogP contribution in [0.1, 0.15) is 37.1 Å². The maximum Gasteiger partial charge on any atom is 0.254 e. The van der Waals surface area contributed by atoms with Crippen molar-refractivity contribution in [1.82, 2.24) is 29.4 Å². The summed E-state index contributed by atoms with van der Waals surface area (Å²) >= 11 is 0. The van der Waals surface area contributed by atoms with Gasteiger partial charge >= 0.3 is 0 Å². The van der Waals surface area contributed by atoms with Gasteiger partial charge in [-0.15, -0.1) is 0 Å². The summed E-state index contributed by atoms with van der Waals surface area (Å²) in [5, 5.41) is 22.3. The molecule has 0 saturated heterocycles. The molecule has 3 heterocycles. The Hall–Kier alpha value is -2.48. The lowest BCUT2D eigenvalue weighted by molar-refractivity contribution is 0.0132. The Balaban J connectivity index is 1.63. The van der Waals surface area contributed by atoms with Gasteiger partial charge in [0.15, 0.2) is 0 Å². The normalized spacial score (nSPS) is 23.4. The van der Waals surface area contributed by atoms with E-state index in [4.69, 9.17) is 0 Å². The van der Waals surface area contributed by atoms with Gasteiger partial charge < -0.3 is 10.4 Å². The molecule has 1 fully saturated rings. The van der Waals surface area contributed by atoms with Gasteiger partial charge in [-0.25, -0.2) is 4.98 Å². The van der Waals surface area contributed by atoms with Crippen molar-refractivity contribution in [2.75, 3.05) is 5.32 Å². The number of aromatic nitrogens is 6. The van der Waals surface area contributed by atoms with Gasteiger partial charge in [0.25, 0.3) is 5.78 Å². The van der Waals surface area contributed by atoms with Crippen LogP contribution in [-0.4, -0.2) is 46.6 Å². The first kappa shape index (κ1) is 15.1. The SMILES string of the molecule is CCCc1cc(N[C@H]2C[C@@H](O)[C@@H]2n2cc(C)cn2)n2ncnc2n1. The van der Waals surface area contributed by atoms with E-state index in [-0.39, 0.29) is 12.1 Å². The van der Waals surface area contributed by atoms with Crippen molar-refractivity contribution in [2.45, 2.75) is 51.3 Å². The summed E-state index contributed by atoms with van der Waals surface area (Å²) in [6.45, 7) is 4.12. The third kappa shape index (κ3) is 2.52. The molecular formula is C16H21N7O. The number of fused-ring (bicyclic) bond motifs is 1. The van der Waals surface area contributed by atoms with Gasteiger partial charge in [0, 0.05) is 18.0 Å². The molecule has 8 nitrogen and oxygen atoms in total. The summed E-state index contributed by atoms with van der Waals surface area (Å²) in [5.74, 6) is 1.45. The van der Waals surface area contributed by atoms with E-state index in [0.717, 1.165) is 29.9 Å². The summed E-state index contributed by atoms with van der Waals surface area (Å²) in [6, 6.07) is 2.02. The number of nitrogens with zero attached hydrogens (tertiary/aromatic N) is 6. The highest BCUT2D eigenvalue weighted by Crippen LogP contribution is 2.35. The molecule has 3 aromatic heterocycles. The summed E-state index contributed by atoms with van der Waals surface area (Å²) in [6.07, 6.45) is 7.47. The highest BCUT2D eigenvalue weighted by Gasteiger charge is 2.42. The van der Waals surface area contributed by atoms with Crippen LogP contribution < -0.4 is 5.32 Å². The second kappa shape index (κ2) is 5.86. The number of hydrogen-bond acceptors (Lipinski definition) is 6. The van der Waals surface area contributed by atoms with Crippen LogP contribution in [0.15, 0.2) is 24.8 Å². The smallest absolute Gasteiger partial charge is 0.254 e. The van der Waals surface area contributed by atoms with E-state index in [1.807, 2.05) is 30.1 Å². The summed E-state index contributed by atoms with van der Waals surface area (Å²) < 4.78 is 3.54. The molecule has 1 aliphatic rings. The Labute approximate surface area is 139 Å². The van der Waals surface area contributed by atoms with Gasteiger partial charge in [0.1, 0.15) is 12.1 Å². The molecular weight excluding hydrogens is 306 g/mol. The molecule has 0 aliphatic heterocycles. The maximum absolute atomic E-state index is 10.2. The lowest BCUT2D eigenvalue weighted by Crippen LogP contribution is -2.51. The molecule has 1 aliphatic carbocycles. The van der Waals surface area contributed by atoms with E-state index >= 15 is 0 Å². The van der Waals surface area contributed by atoms with Crippen LogP contribution in [0.4, 0.5) is 5.82 Å². The molecule has 0 spiro atoms. The Bertz CT molecular complexity index is 855. The molecule has 0 radical (unpaired) electrons. The average Bonchev–Trinajstić information content (AvgIpc) is 3.16. The molecule has 0 aromatic carbocycles. The van der Waals surface area contributed by atoms with Crippen LogP contribution in [-0.2, 0) is 6.42 Å². The van der Waals surface area contributed by atoms with Crippen LogP contribution in [0.5, 0.6) is 0 Å². The van der Waals surface area contributed by atoms with Crippen molar-refractivity contribution in [3.63, 3.8) is 0 Å². The van der Waals surface area contributed by atoms with E-state index in [1.165, 1.54) is 6.33 Å². The van der Waals surface area contributed by atoms with Crippen LogP contribution >= 0.6 is 0 Å². The predicted octanol–water partition coefficient (Wildman–Crippen LogP) is 1.37. The summed E-state index contributed by atoms with van der Waals surface area (Å²) in [5.41, 5.74) is 2.08. The van der Waals surface area contributed by atoms with Crippen LogP contribution in [0, 0.1) is 6.92 Å². The minimum absolute atomic E-state index is 0.0833. The van der Waals surface area contributed by atoms with Crippen molar-refractivity contribution < 1.29 is 5.11 Å². The fourth-order valence-corrected chi connectivity index (χ4v) is 3.25. The lowest BCUT2D eigenvalue weighted by Gasteiger charge is -2.42. The van der Waals surface area contributed by atoms with Crippen molar-refractivity contribution in [2.24, 2.45) is 0 Å². The third-order valence-electron chi connectivity index (χ3n) is 4.48. The molecule has 0 amide bonds. The van der Waals surface area contributed by atoms with Gasteiger partial charge in [0.2, 0.25) is 0 Å². The van der Waals surface area contributed by atoms with E-state index in [1.54, 1.807) is 4.52 Å². The van der Waals surface area contributed by atoms with Crippen molar-refractivity contribution in [1.29, 1.82) is 0 Å². The molecule has 3 atom stereocenters. The minimum Gasteiger partial charge on any atom is -0.391 e. The average molecular weight is 327 g/mol. The first-order chi connectivity index (χ1) is 11.7. The second-order valence-corrected chi connectivity index (χ2v) is 6.40. The van der Waals surface area contributed by atoms with E-state index in [2.05, 4.69) is 32.4 Å². The molecule has 0 bridgehead atoms. The predicted molar refractivity (Wildman–Crippen MR) is 88.8 cm³/mol. The molecule has 0 unspecified atom stereocenters. The van der Waals surface area contributed by atoms with Crippen molar-refractivity contribution in [3.8, 4) is 0 Å². The molecule has 126 valence electrons. The van der Waals surface area contributed by atoms with Crippen molar-refractivity contribution >= 4 is 11.6 Å². The zero-order valence-electron chi connectivity index (χ0n) is 13.8. The first-order valence-electron chi connectivity index (χ1n) is 8.30. The summed E-state index contributed by atoms with van der Waals surface area (Å²) in [4.78, 5) is 8.72. The zero-order valence-corrected chi connectivity index (χ0v) is 13.8.